The number of ether oxygens (including phenoxy) is 1. The Morgan fingerprint density at radius 1 is 1.37 bits per heavy atom. The van der Waals surface area contributed by atoms with Crippen molar-refractivity contribution in [3.63, 3.8) is 0 Å². The first-order valence-corrected chi connectivity index (χ1v) is 8.14. The molecule has 1 N–H and O–H groups in total. The summed E-state index contributed by atoms with van der Waals surface area (Å²) in [7, 11) is -2.33. The Morgan fingerprint density at radius 3 is 2.63 bits per heavy atom. The Morgan fingerprint density at radius 2 is 2.11 bits per heavy atom. The fourth-order valence-corrected chi connectivity index (χ4v) is 3.41. The SMILES string of the molecule is COc1ccc(C2CCCCN2)c(F)c1S(C)(=O)=O. The molecule has 1 saturated heterocycles. The maximum absolute atomic E-state index is 14.5. The standard InChI is InChI=1S/C13H18FNO3S/c1-18-11-7-6-9(10-5-3-4-8-15-10)12(14)13(11)19(2,16)17/h6-7,10,15H,3-5,8H2,1-2H3. The van der Waals surface area contributed by atoms with E-state index in [4.69, 9.17) is 4.74 Å². The minimum Gasteiger partial charge on any atom is -0.495 e. The molecule has 0 saturated carbocycles. The molecule has 1 aliphatic heterocycles. The molecule has 1 aromatic carbocycles. The summed E-state index contributed by atoms with van der Waals surface area (Å²) >= 11 is 0. The molecule has 106 valence electrons. The molecule has 1 atom stereocenters. The van der Waals surface area contributed by atoms with Crippen LogP contribution in [0.3, 0.4) is 0 Å². The highest BCUT2D eigenvalue weighted by Gasteiger charge is 2.26. The quantitative estimate of drug-likeness (QED) is 0.924. The third-order valence-electron chi connectivity index (χ3n) is 3.37. The molecule has 19 heavy (non-hydrogen) atoms. The van der Waals surface area contributed by atoms with Crippen LogP contribution in [0.4, 0.5) is 4.39 Å². The average molecular weight is 287 g/mol. The van der Waals surface area contributed by atoms with Crippen molar-refractivity contribution in [1.29, 1.82) is 0 Å². The van der Waals surface area contributed by atoms with Crippen LogP contribution in [0.1, 0.15) is 30.9 Å². The minimum atomic E-state index is -3.67. The number of hydrogen-bond donors (Lipinski definition) is 1. The zero-order valence-corrected chi connectivity index (χ0v) is 11.9. The highest BCUT2D eigenvalue weighted by Crippen LogP contribution is 2.33. The number of halogens is 1. The Hall–Kier alpha value is -1.14. The van der Waals surface area contributed by atoms with E-state index < -0.39 is 15.7 Å². The normalized spacial score (nSPS) is 20.3. The highest BCUT2D eigenvalue weighted by molar-refractivity contribution is 7.90. The van der Waals surface area contributed by atoms with Crippen molar-refractivity contribution >= 4 is 9.84 Å². The fraction of sp³-hybridized carbons (Fsp3) is 0.538. The van der Waals surface area contributed by atoms with Crippen LogP contribution in [0.25, 0.3) is 0 Å². The van der Waals surface area contributed by atoms with E-state index >= 15 is 0 Å². The number of benzene rings is 1. The van der Waals surface area contributed by atoms with Crippen LogP contribution in [0, 0.1) is 5.82 Å². The first kappa shape index (κ1) is 14.3. The second kappa shape index (κ2) is 5.46. The summed E-state index contributed by atoms with van der Waals surface area (Å²) in [5.41, 5.74) is 0.404. The maximum Gasteiger partial charge on any atom is 0.182 e. The van der Waals surface area contributed by atoms with Crippen LogP contribution < -0.4 is 10.1 Å². The molecular formula is C13H18FNO3S. The van der Waals surface area contributed by atoms with E-state index in [0.717, 1.165) is 32.1 Å². The van der Waals surface area contributed by atoms with Crippen LogP contribution in [0.5, 0.6) is 5.75 Å². The lowest BCUT2D eigenvalue weighted by molar-refractivity contribution is 0.378. The zero-order chi connectivity index (χ0) is 14.0. The molecule has 0 spiro atoms. The van der Waals surface area contributed by atoms with E-state index in [9.17, 15) is 12.8 Å². The van der Waals surface area contributed by atoms with Crippen LogP contribution in [-0.2, 0) is 9.84 Å². The van der Waals surface area contributed by atoms with Gasteiger partial charge in [-0.05, 0) is 25.5 Å². The summed E-state index contributed by atoms with van der Waals surface area (Å²) in [5.74, 6) is -0.638. The molecule has 1 aliphatic rings. The predicted molar refractivity (Wildman–Crippen MR) is 70.7 cm³/mol. The van der Waals surface area contributed by atoms with Gasteiger partial charge in [0.15, 0.2) is 9.84 Å². The monoisotopic (exact) mass is 287 g/mol. The van der Waals surface area contributed by atoms with Crippen LogP contribution in [0.2, 0.25) is 0 Å². The van der Waals surface area contributed by atoms with Gasteiger partial charge in [-0.15, -0.1) is 0 Å². The van der Waals surface area contributed by atoms with E-state index in [1.165, 1.54) is 13.2 Å². The lowest BCUT2D eigenvalue weighted by Gasteiger charge is -2.25. The van der Waals surface area contributed by atoms with Gasteiger partial charge >= 0.3 is 0 Å². The molecule has 0 radical (unpaired) electrons. The Bertz CT molecular complexity index is 565. The Kier molecular flexibility index (Phi) is 4.10. The molecule has 6 heteroatoms. The van der Waals surface area contributed by atoms with E-state index in [0.29, 0.717) is 5.56 Å². The number of piperidine rings is 1. The van der Waals surface area contributed by atoms with Gasteiger partial charge in [-0.25, -0.2) is 12.8 Å². The molecule has 1 fully saturated rings. The van der Waals surface area contributed by atoms with E-state index in [-0.39, 0.29) is 16.7 Å². The van der Waals surface area contributed by atoms with E-state index in [1.54, 1.807) is 6.07 Å². The molecular weight excluding hydrogens is 269 g/mol. The van der Waals surface area contributed by atoms with Crippen LogP contribution in [0.15, 0.2) is 17.0 Å². The lowest BCUT2D eigenvalue weighted by Crippen LogP contribution is -2.28. The molecule has 1 unspecified atom stereocenters. The van der Waals surface area contributed by atoms with Gasteiger partial charge < -0.3 is 10.1 Å². The van der Waals surface area contributed by atoms with Crippen molar-refractivity contribution in [2.45, 2.75) is 30.2 Å². The summed E-state index contributed by atoms with van der Waals surface area (Å²) in [6.07, 6.45) is 3.88. The molecule has 2 rings (SSSR count). The summed E-state index contributed by atoms with van der Waals surface area (Å²) in [6.45, 7) is 0.824. The van der Waals surface area contributed by atoms with Crippen LogP contribution >= 0.6 is 0 Å². The molecule has 0 bridgehead atoms. The number of rotatable bonds is 3. The summed E-state index contributed by atoms with van der Waals surface area (Å²) < 4.78 is 42.9. The van der Waals surface area contributed by atoms with Crippen molar-refractivity contribution in [3.05, 3.63) is 23.5 Å². The second-order valence-corrected chi connectivity index (χ2v) is 6.73. The van der Waals surface area contributed by atoms with E-state index in [1.807, 2.05) is 0 Å². The summed E-state index contributed by atoms with van der Waals surface area (Å²) in [5, 5.41) is 3.22. The first-order valence-electron chi connectivity index (χ1n) is 6.25. The van der Waals surface area contributed by atoms with Crippen molar-refractivity contribution in [2.24, 2.45) is 0 Å². The van der Waals surface area contributed by atoms with Crippen molar-refractivity contribution in [1.82, 2.24) is 5.32 Å². The van der Waals surface area contributed by atoms with Crippen molar-refractivity contribution in [2.75, 3.05) is 19.9 Å². The first-order chi connectivity index (χ1) is 8.95. The fourth-order valence-electron chi connectivity index (χ4n) is 2.45. The molecule has 4 nitrogen and oxygen atoms in total. The predicted octanol–water partition coefficient (Wildman–Crippen LogP) is 2.05. The third-order valence-corrected chi connectivity index (χ3v) is 4.49. The molecule has 0 aliphatic carbocycles. The van der Waals surface area contributed by atoms with Crippen LogP contribution in [-0.4, -0.2) is 28.3 Å². The maximum atomic E-state index is 14.5. The van der Waals surface area contributed by atoms with E-state index in [2.05, 4.69) is 5.32 Å². The molecule has 1 aromatic rings. The third kappa shape index (κ3) is 2.90. The smallest absolute Gasteiger partial charge is 0.182 e. The van der Waals surface area contributed by atoms with Gasteiger partial charge in [-0.2, -0.15) is 0 Å². The van der Waals surface area contributed by atoms with Gasteiger partial charge in [0.2, 0.25) is 0 Å². The largest absolute Gasteiger partial charge is 0.495 e. The van der Waals surface area contributed by atoms with Gasteiger partial charge in [-0.1, -0.05) is 12.5 Å². The molecule has 0 aromatic heterocycles. The average Bonchev–Trinajstić information content (AvgIpc) is 2.37. The topological polar surface area (TPSA) is 55.4 Å². The van der Waals surface area contributed by atoms with Crippen molar-refractivity contribution < 1.29 is 17.5 Å². The number of methoxy groups -OCH3 is 1. The number of nitrogens with one attached hydrogen (secondary N) is 1. The van der Waals surface area contributed by atoms with Gasteiger partial charge in [0.1, 0.15) is 16.5 Å². The lowest BCUT2D eigenvalue weighted by atomic mass is 9.97. The van der Waals surface area contributed by atoms with Gasteiger partial charge in [-0.3, -0.25) is 0 Å². The zero-order valence-electron chi connectivity index (χ0n) is 11.1. The number of sulfone groups is 1. The van der Waals surface area contributed by atoms with Crippen molar-refractivity contribution in [3.8, 4) is 5.75 Å². The Labute approximate surface area is 112 Å². The van der Waals surface area contributed by atoms with Gasteiger partial charge in [0.05, 0.1) is 7.11 Å². The van der Waals surface area contributed by atoms with Gasteiger partial charge in [0.25, 0.3) is 0 Å². The highest BCUT2D eigenvalue weighted by atomic mass is 32.2. The second-order valence-electron chi connectivity index (χ2n) is 4.77. The summed E-state index contributed by atoms with van der Waals surface area (Å²) in [4.78, 5) is -0.347. The molecule has 0 amide bonds. The molecule has 1 heterocycles. The number of hydrogen-bond acceptors (Lipinski definition) is 4. The minimum absolute atomic E-state index is 0.0551. The van der Waals surface area contributed by atoms with Gasteiger partial charge in [0, 0.05) is 17.9 Å². The summed E-state index contributed by atoms with van der Waals surface area (Å²) in [6, 6.07) is 3.00. The Balaban J connectivity index is 2.53.